The molecule has 0 bridgehead atoms. The number of fused-ring (bicyclic) bond motifs is 1. The molecule has 2 aromatic rings. The molecule has 1 aliphatic rings. The Kier molecular flexibility index (Phi) is 4.63. The second-order valence-electron chi connectivity index (χ2n) is 5.76. The number of hydrogen-bond acceptors (Lipinski definition) is 4. The number of thiophene rings is 1. The summed E-state index contributed by atoms with van der Waals surface area (Å²) in [5, 5.41) is 0.498. The van der Waals surface area contributed by atoms with E-state index in [4.69, 9.17) is 0 Å². The molecule has 5 nitrogen and oxygen atoms in total. The number of carbonyl (C=O) groups is 1. The molecule has 1 aromatic heterocycles. The number of rotatable bonds is 3. The molecule has 1 saturated heterocycles. The normalized spacial score (nSPS) is 16.7. The molecule has 1 amide bonds. The number of sulfonamides is 1. The van der Waals surface area contributed by atoms with Crippen molar-refractivity contribution in [1.82, 2.24) is 9.21 Å². The Bertz CT molecular complexity index is 884. The lowest BCUT2D eigenvalue weighted by atomic mass is 10.1. The predicted molar refractivity (Wildman–Crippen MR) is 93.5 cm³/mol. The third-order valence-corrected chi connectivity index (χ3v) is 7.51. The highest BCUT2D eigenvalue weighted by atomic mass is 32.2. The van der Waals surface area contributed by atoms with E-state index in [2.05, 4.69) is 0 Å². The van der Waals surface area contributed by atoms with Crippen molar-refractivity contribution in [2.75, 3.05) is 31.9 Å². The maximum atomic E-state index is 14.0. The monoisotopic (exact) mass is 370 g/mol. The van der Waals surface area contributed by atoms with Gasteiger partial charge in [-0.2, -0.15) is 4.31 Å². The Hall–Kier alpha value is -1.51. The van der Waals surface area contributed by atoms with Gasteiger partial charge in [-0.25, -0.2) is 12.8 Å². The first-order valence-corrected chi connectivity index (χ1v) is 10.2. The average Bonchev–Trinajstić information content (AvgIpc) is 2.92. The molecule has 3 rings (SSSR count). The summed E-state index contributed by atoms with van der Waals surface area (Å²) >= 11 is 1.29. The summed E-state index contributed by atoms with van der Waals surface area (Å²) in [6.45, 7) is 4.69. The Morgan fingerprint density at radius 3 is 2.50 bits per heavy atom. The quantitative estimate of drug-likeness (QED) is 0.834. The number of halogens is 1. The summed E-state index contributed by atoms with van der Waals surface area (Å²) in [5.74, 6) is -0.406. The third-order valence-electron chi connectivity index (χ3n) is 4.38. The predicted octanol–water partition coefficient (Wildman–Crippen LogP) is 2.46. The van der Waals surface area contributed by atoms with Gasteiger partial charge in [-0.3, -0.25) is 4.79 Å². The average molecular weight is 370 g/mol. The van der Waals surface area contributed by atoms with Crippen molar-refractivity contribution in [2.24, 2.45) is 0 Å². The highest BCUT2D eigenvalue weighted by Gasteiger charge is 2.29. The van der Waals surface area contributed by atoms with Crippen LogP contribution in [0.2, 0.25) is 0 Å². The molecule has 0 unspecified atom stereocenters. The zero-order valence-electron chi connectivity index (χ0n) is 13.6. The van der Waals surface area contributed by atoms with Crippen LogP contribution in [0.4, 0.5) is 4.39 Å². The number of aryl methyl sites for hydroxylation is 1. The molecule has 0 atom stereocenters. The maximum absolute atomic E-state index is 14.0. The van der Waals surface area contributed by atoms with Gasteiger partial charge in [-0.05, 0) is 31.5 Å². The summed E-state index contributed by atoms with van der Waals surface area (Å²) in [7, 11) is -3.22. The first-order chi connectivity index (χ1) is 11.3. The summed E-state index contributed by atoms with van der Waals surface area (Å²) < 4.78 is 40.0. The van der Waals surface area contributed by atoms with Gasteiger partial charge < -0.3 is 4.90 Å². The summed E-state index contributed by atoms with van der Waals surface area (Å²) in [5.41, 5.74) is 0.654. The first kappa shape index (κ1) is 17.3. The van der Waals surface area contributed by atoms with Gasteiger partial charge in [0.05, 0.1) is 10.6 Å². The number of benzene rings is 1. The number of carbonyl (C=O) groups excluding carboxylic acids is 1. The van der Waals surface area contributed by atoms with Crippen LogP contribution in [0, 0.1) is 12.7 Å². The fourth-order valence-electron chi connectivity index (χ4n) is 2.95. The third kappa shape index (κ3) is 2.94. The molecule has 0 N–H and O–H groups in total. The molecular formula is C16H19FN2O3S2. The van der Waals surface area contributed by atoms with Crippen molar-refractivity contribution in [3.05, 3.63) is 34.5 Å². The largest absolute Gasteiger partial charge is 0.335 e. The molecule has 0 saturated carbocycles. The summed E-state index contributed by atoms with van der Waals surface area (Å²) in [6.07, 6.45) is 0. The van der Waals surface area contributed by atoms with Crippen LogP contribution in [0.3, 0.4) is 0 Å². The molecule has 1 fully saturated rings. The Balaban J connectivity index is 1.82. The van der Waals surface area contributed by atoms with E-state index in [9.17, 15) is 17.6 Å². The van der Waals surface area contributed by atoms with E-state index in [1.54, 1.807) is 30.9 Å². The van der Waals surface area contributed by atoms with Crippen LogP contribution in [-0.4, -0.2) is 55.5 Å². The first-order valence-electron chi connectivity index (χ1n) is 7.80. The van der Waals surface area contributed by atoms with Crippen LogP contribution in [0.15, 0.2) is 18.2 Å². The maximum Gasteiger partial charge on any atom is 0.264 e. The molecule has 1 aromatic carbocycles. The number of piperazine rings is 1. The van der Waals surface area contributed by atoms with Crippen molar-refractivity contribution in [3.63, 3.8) is 0 Å². The molecule has 0 aliphatic carbocycles. The lowest BCUT2D eigenvalue weighted by molar-refractivity contribution is 0.0702. The van der Waals surface area contributed by atoms with Gasteiger partial charge in [-0.1, -0.05) is 6.07 Å². The van der Waals surface area contributed by atoms with Crippen LogP contribution >= 0.6 is 11.3 Å². The lowest BCUT2D eigenvalue weighted by Crippen LogP contribution is -2.50. The zero-order valence-corrected chi connectivity index (χ0v) is 15.2. The van der Waals surface area contributed by atoms with Gasteiger partial charge in [0.15, 0.2) is 0 Å². The second-order valence-corrected chi connectivity index (χ2v) is 9.07. The van der Waals surface area contributed by atoms with Crippen molar-refractivity contribution in [2.45, 2.75) is 13.8 Å². The van der Waals surface area contributed by atoms with E-state index in [1.165, 1.54) is 21.7 Å². The van der Waals surface area contributed by atoms with E-state index in [0.717, 1.165) is 4.70 Å². The Labute approximate surface area is 144 Å². The van der Waals surface area contributed by atoms with Crippen LogP contribution in [0.25, 0.3) is 10.1 Å². The minimum absolute atomic E-state index is 0.0651. The van der Waals surface area contributed by atoms with Gasteiger partial charge in [-0.15, -0.1) is 11.3 Å². The molecule has 2 heterocycles. The van der Waals surface area contributed by atoms with Crippen molar-refractivity contribution < 1.29 is 17.6 Å². The second kappa shape index (κ2) is 6.42. The standard InChI is InChI=1S/C16H19FN2O3S2/c1-3-24(21,22)19-9-7-18(8-10-19)16(20)15-11(2)14-12(17)5-4-6-13(14)23-15/h4-6H,3,7-10H2,1-2H3. The van der Waals surface area contributed by atoms with Gasteiger partial charge in [0.25, 0.3) is 5.91 Å². The molecular weight excluding hydrogens is 351 g/mol. The van der Waals surface area contributed by atoms with Crippen molar-refractivity contribution >= 4 is 37.4 Å². The summed E-state index contributed by atoms with van der Waals surface area (Å²) in [4.78, 5) is 15.0. The van der Waals surface area contributed by atoms with Gasteiger partial charge in [0.1, 0.15) is 5.82 Å². The van der Waals surface area contributed by atoms with Gasteiger partial charge in [0, 0.05) is 36.3 Å². The minimum Gasteiger partial charge on any atom is -0.335 e. The fourth-order valence-corrected chi connectivity index (χ4v) is 5.23. The van der Waals surface area contributed by atoms with Crippen molar-refractivity contribution in [3.8, 4) is 0 Å². The number of nitrogens with zero attached hydrogens (tertiary/aromatic N) is 2. The highest BCUT2D eigenvalue weighted by Crippen LogP contribution is 2.33. The molecule has 8 heteroatoms. The smallest absolute Gasteiger partial charge is 0.264 e. The van der Waals surface area contributed by atoms with Crippen LogP contribution in [0.1, 0.15) is 22.2 Å². The van der Waals surface area contributed by atoms with E-state index in [0.29, 0.717) is 42.0 Å². The molecule has 1 aliphatic heterocycles. The number of amides is 1. The Morgan fingerprint density at radius 1 is 1.25 bits per heavy atom. The number of hydrogen-bond donors (Lipinski definition) is 0. The SMILES string of the molecule is CCS(=O)(=O)N1CCN(C(=O)c2sc3cccc(F)c3c2C)CC1. The Morgan fingerprint density at radius 2 is 1.92 bits per heavy atom. The van der Waals surface area contributed by atoms with Crippen LogP contribution in [-0.2, 0) is 10.0 Å². The molecule has 0 radical (unpaired) electrons. The van der Waals surface area contributed by atoms with E-state index in [1.807, 2.05) is 0 Å². The van der Waals surface area contributed by atoms with E-state index < -0.39 is 10.0 Å². The minimum atomic E-state index is -3.22. The molecule has 130 valence electrons. The van der Waals surface area contributed by atoms with E-state index in [-0.39, 0.29) is 17.5 Å². The van der Waals surface area contributed by atoms with Gasteiger partial charge in [0.2, 0.25) is 10.0 Å². The zero-order chi connectivity index (χ0) is 17.5. The molecule has 0 spiro atoms. The van der Waals surface area contributed by atoms with Crippen LogP contribution < -0.4 is 0 Å². The summed E-state index contributed by atoms with van der Waals surface area (Å²) in [6, 6.07) is 4.83. The highest BCUT2D eigenvalue weighted by molar-refractivity contribution is 7.89. The lowest BCUT2D eigenvalue weighted by Gasteiger charge is -2.33. The topological polar surface area (TPSA) is 57.7 Å². The van der Waals surface area contributed by atoms with Crippen LogP contribution in [0.5, 0.6) is 0 Å². The van der Waals surface area contributed by atoms with Gasteiger partial charge >= 0.3 is 0 Å². The van der Waals surface area contributed by atoms with Crippen molar-refractivity contribution in [1.29, 1.82) is 0 Å². The van der Waals surface area contributed by atoms with E-state index >= 15 is 0 Å². The molecule has 24 heavy (non-hydrogen) atoms. The fraction of sp³-hybridized carbons (Fsp3) is 0.438.